The summed E-state index contributed by atoms with van der Waals surface area (Å²) in [7, 11) is 0. The molecule has 0 spiro atoms. The van der Waals surface area contributed by atoms with Gasteiger partial charge in [0.05, 0.1) is 6.61 Å². The van der Waals surface area contributed by atoms with Crippen LogP contribution >= 0.6 is 0 Å². The highest BCUT2D eigenvalue weighted by atomic mass is 16.6. The summed E-state index contributed by atoms with van der Waals surface area (Å²) >= 11 is 0. The minimum atomic E-state index is -1.03. The number of hydrogen-bond donors (Lipinski definition) is 3. The minimum absolute atomic E-state index is 0.291. The predicted molar refractivity (Wildman–Crippen MR) is 57.9 cm³/mol. The third-order valence-electron chi connectivity index (χ3n) is 2.95. The normalized spacial score (nSPS) is 34.2. The van der Waals surface area contributed by atoms with Crippen molar-refractivity contribution in [2.45, 2.75) is 31.3 Å². The summed E-state index contributed by atoms with van der Waals surface area (Å²) in [4.78, 5) is 0. The quantitative estimate of drug-likeness (QED) is 0.668. The molecule has 0 radical (unpaired) electrons. The number of aryl methyl sites for hydroxylation is 1. The maximum absolute atomic E-state index is 9.80. The lowest BCUT2D eigenvalue weighted by molar-refractivity contribution is -0.0227. The van der Waals surface area contributed by atoms with Crippen LogP contribution in [0.25, 0.3) is 0 Å². The molecule has 1 aromatic rings. The van der Waals surface area contributed by atoms with Gasteiger partial charge in [-0.1, -0.05) is 29.8 Å². The molecule has 1 aliphatic rings. The van der Waals surface area contributed by atoms with Gasteiger partial charge in [-0.3, -0.25) is 0 Å². The van der Waals surface area contributed by atoms with Crippen LogP contribution in [-0.4, -0.2) is 40.2 Å². The number of aliphatic hydroxyl groups excluding tert-OH is 3. The molecular weight excluding hydrogens is 208 g/mol. The highest BCUT2D eigenvalue weighted by Crippen LogP contribution is 2.33. The molecule has 4 nitrogen and oxygen atoms in total. The smallest absolute Gasteiger partial charge is 0.113 e. The first kappa shape index (κ1) is 11.5. The second kappa shape index (κ2) is 4.51. The molecule has 3 N–H and O–H groups in total. The zero-order valence-electron chi connectivity index (χ0n) is 9.08. The molecule has 1 aliphatic heterocycles. The molecule has 1 heterocycles. The minimum Gasteiger partial charge on any atom is -0.394 e. The molecule has 0 amide bonds. The Morgan fingerprint density at radius 2 is 1.75 bits per heavy atom. The Balaban J connectivity index is 2.19. The summed E-state index contributed by atoms with van der Waals surface area (Å²) in [6, 6.07) is 7.56. The van der Waals surface area contributed by atoms with Gasteiger partial charge in [-0.25, -0.2) is 0 Å². The summed E-state index contributed by atoms with van der Waals surface area (Å²) in [6.07, 6.45) is -3.29. The van der Waals surface area contributed by atoms with Gasteiger partial charge in [0.2, 0.25) is 0 Å². The maximum Gasteiger partial charge on any atom is 0.113 e. The van der Waals surface area contributed by atoms with E-state index >= 15 is 0 Å². The molecule has 4 atom stereocenters. The lowest BCUT2D eigenvalue weighted by Crippen LogP contribution is -2.32. The molecular formula is C12H16O4. The van der Waals surface area contributed by atoms with Crippen LogP contribution in [0.15, 0.2) is 24.3 Å². The Labute approximate surface area is 94.1 Å². The Kier molecular flexibility index (Phi) is 3.25. The first-order valence-electron chi connectivity index (χ1n) is 5.32. The average Bonchev–Trinajstić information content (AvgIpc) is 2.57. The van der Waals surface area contributed by atoms with Crippen LogP contribution in [0.1, 0.15) is 17.2 Å². The molecule has 88 valence electrons. The number of ether oxygens (including phenoxy) is 1. The fourth-order valence-electron chi connectivity index (χ4n) is 1.93. The lowest BCUT2D eigenvalue weighted by Gasteiger charge is -2.14. The largest absolute Gasteiger partial charge is 0.394 e. The second-order valence-electron chi connectivity index (χ2n) is 4.17. The van der Waals surface area contributed by atoms with Crippen LogP contribution in [-0.2, 0) is 4.74 Å². The molecule has 0 aliphatic carbocycles. The number of benzene rings is 1. The van der Waals surface area contributed by atoms with Crippen molar-refractivity contribution >= 4 is 0 Å². The molecule has 0 bridgehead atoms. The Hall–Kier alpha value is -0.940. The Bertz CT molecular complexity index is 349. The van der Waals surface area contributed by atoms with Gasteiger partial charge in [0.1, 0.15) is 24.4 Å². The highest BCUT2D eigenvalue weighted by Gasteiger charge is 2.42. The predicted octanol–water partition coefficient (Wildman–Crippen LogP) is 0.149. The van der Waals surface area contributed by atoms with Crippen LogP contribution in [0.3, 0.4) is 0 Å². The van der Waals surface area contributed by atoms with Gasteiger partial charge in [-0.2, -0.15) is 0 Å². The molecule has 16 heavy (non-hydrogen) atoms. The van der Waals surface area contributed by atoms with E-state index in [-0.39, 0.29) is 6.61 Å². The average molecular weight is 224 g/mol. The van der Waals surface area contributed by atoms with Gasteiger partial charge in [0.15, 0.2) is 0 Å². The van der Waals surface area contributed by atoms with Crippen LogP contribution in [0.5, 0.6) is 0 Å². The standard InChI is InChI=1S/C12H16O4/c1-7-2-4-8(5-3-7)12-11(15)10(14)9(6-13)16-12/h2-5,9-15H,6H2,1H3/t9-,10-,11-,12+/m1/s1. The summed E-state index contributed by atoms with van der Waals surface area (Å²) in [5.74, 6) is 0. The van der Waals surface area contributed by atoms with Gasteiger partial charge in [-0.15, -0.1) is 0 Å². The molecule has 0 saturated carbocycles. The van der Waals surface area contributed by atoms with Gasteiger partial charge < -0.3 is 20.1 Å². The number of hydrogen-bond acceptors (Lipinski definition) is 4. The summed E-state index contributed by atoms with van der Waals surface area (Å²) in [5.41, 5.74) is 1.93. The Morgan fingerprint density at radius 3 is 2.25 bits per heavy atom. The molecule has 2 rings (SSSR count). The lowest BCUT2D eigenvalue weighted by atomic mass is 10.0. The van der Waals surface area contributed by atoms with Gasteiger partial charge in [0, 0.05) is 0 Å². The third-order valence-corrected chi connectivity index (χ3v) is 2.95. The third kappa shape index (κ3) is 1.97. The van der Waals surface area contributed by atoms with Crippen molar-refractivity contribution < 1.29 is 20.1 Å². The van der Waals surface area contributed by atoms with Crippen molar-refractivity contribution in [3.8, 4) is 0 Å². The SMILES string of the molecule is Cc1ccc([C@@H]2O[C@H](CO)[C@@H](O)[C@H]2O)cc1. The van der Waals surface area contributed by atoms with E-state index in [1.54, 1.807) is 0 Å². The molecule has 0 aromatic heterocycles. The van der Waals surface area contributed by atoms with E-state index < -0.39 is 24.4 Å². The molecule has 1 saturated heterocycles. The van der Waals surface area contributed by atoms with E-state index in [1.165, 1.54) is 0 Å². The van der Waals surface area contributed by atoms with E-state index in [9.17, 15) is 10.2 Å². The number of aliphatic hydroxyl groups is 3. The van der Waals surface area contributed by atoms with Gasteiger partial charge in [0.25, 0.3) is 0 Å². The molecule has 4 heteroatoms. The molecule has 0 unspecified atom stereocenters. The monoisotopic (exact) mass is 224 g/mol. The zero-order valence-corrected chi connectivity index (χ0v) is 9.08. The fourth-order valence-corrected chi connectivity index (χ4v) is 1.93. The van der Waals surface area contributed by atoms with E-state index in [0.717, 1.165) is 11.1 Å². The summed E-state index contributed by atoms with van der Waals surface area (Å²) < 4.78 is 5.41. The first-order valence-corrected chi connectivity index (χ1v) is 5.32. The number of rotatable bonds is 2. The highest BCUT2D eigenvalue weighted by molar-refractivity contribution is 5.25. The van der Waals surface area contributed by atoms with E-state index in [2.05, 4.69) is 0 Å². The van der Waals surface area contributed by atoms with Crippen molar-refractivity contribution in [1.82, 2.24) is 0 Å². The first-order chi connectivity index (χ1) is 7.63. The topological polar surface area (TPSA) is 69.9 Å². The van der Waals surface area contributed by atoms with Crippen molar-refractivity contribution in [2.75, 3.05) is 6.61 Å². The van der Waals surface area contributed by atoms with Crippen molar-refractivity contribution in [2.24, 2.45) is 0 Å². The van der Waals surface area contributed by atoms with Crippen LogP contribution in [0.2, 0.25) is 0 Å². The molecule has 1 aromatic carbocycles. The van der Waals surface area contributed by atoms with E-state index in [1.807, 2.05) is 31.2 Å². The fraction of sp³-hybridized carbons (Fsp3) is 0.500. The second-order valence-corrected chi connectivity index (χ2v) is 4.17. The van der Waals surface area contributed by atoms with Crippen LogP contribution < -0.4 is 0 Å². The van der Waals surface area contributed by atoms with Gasteiger partial charge in [-0.05, 0) is 12.5 Å². The van der Waals surface area contributed by atoms with E-state index in [0.29, 0.717) is 0 Å². The van der Waals surface area contributed by atoms with Crippen molar-refractivity contribution in [1.29, 1.82) is 0 Å². The zero-order chi connectivity index (χ0) is 11.7. The summed E-state index contributed by atoms with van der Waals surface area (Å²) in [5, 5.41) is 28.4. The van der Waals surface area contributed by atoms with Gasteiger partial charge >= 0.3 is 0 Å². The molecule has 1 fully saturated rings. The Morgan fingerprint density at radius 1 is 1.12 bits per heavy atom. The summed E-state index contributed by atoms with van der Waals surface area (Å²) in [6.45, 7) is 1.68. The van der Waals surface area contributed by atoms with Crippen molar-refractivity contribution in [3.63, 3.8) is 0 Å². The maximum atomic E-state index is 9.80. The van der Waals surface area contributed by atoms with Crippen LogP contribution in [0.4, 0.5) is 0 Å². The van der Waals surface area contributed by atoms with Crippen molar-refractivity contribution in [3.05, 3.63) is 35.4 Å². The van der Waals surface area contributed by atoms with Crippen LogP contribution in [0, 0.1) is 6.92 Å². The van der Waals surface area contributed by atoms with E-state index in [4.69, 9.17) is 9.84 Å².